The summed E-state index contributed by atoms with van der Waals surface area (Å²) in [4.78, 5) is 7.97. The van der Waals surface area contributed by atoms with Crippen molar-refractivity contribution < 1.29 is 14.6 Å². The number of benzene rings is 1. The van der Waals surface area contributed by atoms with Crippen molar-refractivity contribution >= 4 is 11.6 Å². The molecular formula is C13H13ClN2O3. The first-order valence-electron chi connectivity index (χ1n) is 5.53. The molecule has 1 atom stereocenters. The lowest BCUT2D eigenvalue weighted by atomic mass is 10.1. The highest BCUT2D eigenvalue weighted by Crippen LogP contribution is 2.40. The zero-order valence-corrected chi connectivity index (χ0v) is 11.3. The second-order valence-electron chi connectivity index (χ2n) is 3.74. The summed E-state index contributed by atoms with van der Waals surface area (Å²) in [6.07, 6.45) is 3.55. The summed E-state index contributed by atoms with van der Waals surface area (Å²) >= 11 is 6.22. The van der Waals surface area contributed by atoms with Crippen LogP contribution < -0.4 is 9.47 Å². The fourth-order valence-corrected chi connectivity index (χ4v) is 2.06. The van der Waals surface area contributed by atoms with E-state index in [-0.39, 0.29) is 0 Å². The number of nitrogens with zero attached hydrogens (tertiary/aromatic N) is 2. The standard InChI is InChI=1S/C13H13ClN2O3/c1-18-10-4-3-8(11(14)13(10)19-2)12(17)9-7-15-5-6-16-9/h3-7,12,17H,1-2H3. The number of aliphatic hydroxyl groups is 1. The Morgan fingerprint density at radius 2 is 2.00 bits per heavy atom. The van der Waals surface area contributed by atoms with E-state index < -0.39 is 6.10 Å². The van der Waals surface area contributed by atoms with Crippen LogP contribution >= 0.6 is 11.6 Å². The van der Waals surface area contributed by atoms with E-state index in [1.165, 1.54) is 32.8 Å². The third-order valence-electron chi connectivity index (χ3n) is 2.67. The molecule has 0 spiro atoms. The average molecular weight is 281 g/mol. The van der Waals surface area contributed by atoms with Gasteiger partial charge in [0.1, 0.15) is 6.10 Å². The van der Waals surface area contributed by atoms with Gasteiger partial charge in [-0.05, 0) is 6.07 Å². The van der Waals surface area contributed by atoms with Crippen molar-refractivity contribution in [1.29, 1.82) is 0 Å². The number of aliphatic hydroxyl groups excluding tert-OH is 1. The Hall–Kier alpha value is -1.85. The van der Waals surface area contributed by atoms with Crippen LogP contribution in [0.15, 0.2) is 30.7 Å². The molecule has 1 aromatic heterocycles. The summed E-state index contributed by atoms with van der Waals surface area (Å²) in [5.41, 5.74) is 0.899. The van der Waals surface area contributed by atoms with Crippen LogP contribution in [0.5, 0.6) is 11.5 Å². The molecule has 0 saturated heterocycles. The maximum absolute atomic E-state index is 10.3. The number of hydrogen-bond acceptors (Lipinski definition) is 5. The van der Waals surface area contributed by atoms with Crippen molar-refractivity contribution in [2.24, 2.45) is 0 Å². The molecule has 2 aromatic rings. The number of halogens is 1. The molecule has 19 heavy (non-hydrogen) atoms. The molecule has 100 valence electrons. The minimum Gasteiger partial charge on any atom is -0.493 e. The van der Waals surface area contributed by atoms with Crippen molar-refractivity contribution in [3.63, 3.8) is 0 Å². The molecule has 1 heterocycles. The molecule has 0 amide bonds. The third kappa shape index (κ3) is 2.62. The second-order valence-corrected chi connectivity index (χ2v) is 4.12. The zero-order valence-electron chi connectivity index (χ0n) is 10.5. The van der Waals surface area contributed by atoms with Gasteiger partial charge in [0.2, 0.25) is 0 Å². The van der Waals surface area contributed by atoms with Crippen LogP contribution in [-0.4, -0.2) is 29.3 Å². The summed E-state index contributed by atoms with van der Waals surface area (Å²) in [6.45, 7) is 0. The molecular weight excluding hydrogens is 268 g/mol. The lowest BCUT2D eigenvalue weighted by molar-refractivity contribution is 0.214. The van der Waals surface area contributed by atoms with Crippen molar-refractivity contribution in [2.75, 3.05) is 14.2 Å². The number of hydrogen-bond donors (Lipinski definition) is 1. The minimum atomic E-state index is -0.971. The Labute approximate surface area is 115 Å². The van der Waals surface area contributed by atoms with E-state index in [1.54, 1.807) is 12.1 Å². The average Bonchev–Trinajstić information content (AvgIpc) is 2.47. The normalized spacial score (nSPS) is 12.0. The predicted molar refractivity (Wildman–Crippen MR) is 70.6 cm³/mol. The number of rotatable bonds is 4. The van der Waals surface area contributed by atoms with Crippen molar-refractivity contribution in [3.05, 3.63) is 47.0 Å². The van der Waals surface area contributed by atoms with Gasteiger partial charge < -0.3 is 14.6 Å². The van der Waals surface area contributed by atoms with Gasteiger partial charge in [0.15, 0.2) is 11.5 Å². The molecule has 0 aliphatic carbocycles. The van der Waals surface area contributed by atoms with E-state index in [1.807, 2.05) is 0 Å². The van der Waals surface area contributed by atoms with Crippen LogP contribution in [0.25, 0.3) is 0 Å². The van der Waals surface area contributed by atoms with E-state index in [0.29, 0.717) is 27.8 Å². The Balaban J connectivity index is 2.46. The van der Waals surface area contributed by atoms with Crippen LogP contribution in [-0.2, 0) is 0 Å². The van der Waals surface area contributed by atoms with Crippen molar-refractivity contribution in [3.8, 4) is 11.5 Å². The summed E-state index contributed by atoms with van der Waals surface area (Å²) in [5, 5.41) is 10.6. The van der Waals surface area contributed by atoms with Gasteiger partial charge >= 0.3 is 0 Å². The van der Waals surface area contributed by atoms with Crippen LogP contribution in [0.2, 0.25) is 5.02 Å². The maximum atomic E-state index is 10.3. The number of ether oxygens (including phenoxy) is 2. The van der Waals surface area contributed by atoms with Crippen LogP contribution in [0.3, 0.4) is 0 Å². The molecule has 0 saturated carbocycles. The molecule has 0 aliphatic heterocycles. The van der Waals surface area contributed by atoms with Gasteiger partial charge in [0, 0.05) is 18.0 Å². The van der Waals surface area contributed by atoms with Gasteiger partial charge in [-0.3, -0.25) is 9.97 Å². The van der Waals surface area contributed by atoms with Gasteiger partial charge in [-0.2, -0.15) is 0 Å². The van der Waals surface area contributed by atoms with E-state index in [0.717, 1.165) is 0 Å². The SMILES string of the molecule is COc1ccc(C(O)c2cnccn2)c(Cl)c1OC. The van der Waals surface area contributed by atoms with Gasteiger partial charge in [0.25, 0.3) is 0 Å². The molecule has 1 unspecified atom stereocenters. The lowest BCUT2D eigenvalue weighted by Gasteiger charge is -2.16. The van der Waals surface area contributed by atoms with E-state index in [4.69, 9.17) is 21.1 Å². The Bertz CT molecular complexity index is 563. The predicted octanol–water partition coefficient (Wildman–Crippen LogP) is 2.23. The first-order valence-corrected chi connectivity index (χ1v) is 5.91. The first kappa shape index (κ1) is 13.6. The molecule has 5 nitrogen and oxygen atoms in total. The Morgan fingerprint density at radius 1 is 1.21 bits per heavy atom. The Morgan fingerprint density at radius 3 is 2.58 bits per heavy atom. The van der Waals surface area contributed by atoms with E-state index in [2.05, 4.69) is 9.97 Å². The summed E-state index contributed by atoms with van der Waals surface area (Å²) in [7, 11) is 3.01. The van der Waals surface area contributed by atoms with E-state index in [9.17, 15) is 5.11 Å². The summed E-state index contributed by atoms with van der Waals surface area (Å²) in [6, 6.07) is 3.35. The molecule has 1 N–H and O–H groups in total. The topological polar surface area (TPSA) is 64.5 Å². The largest absolute Gasteiger partial charge is 0.493 e. The van der Waals surface area contributed by atoms with Gasteiger partial charge in [-0.25, -0.2) is 0 Å². The molecule has 0 bridgehead atoms. The first-order chi connectivity index (χ1) is 9.19. The highest BCUT2D eigenvalue weighted by atomic mass is 35.5. The van der Waals surface area contributed by atoms with Crippen LogP contribution in [0.4, 0.5) is 0 Å². The van der Waals surface area contributed by atoms with E-state index >= 15 is 0 Å². The summed E-state index contributed by atoms with van der Waals surface area (Å²) < 4.78 is 10.3. The van der Waals surface area contributed by atoms with Crippen LogP contribution in [0.1, 0.15) is 17.4 Å². The molecule has 0 aliphatic rings. The van der Waals surface area contributed by atoms with Crippen molar-refractivity contribution in [2.45, 2.75) is 6.10 Å². The lowest BCUT2D eigenvalue weighted by Crippen LogP contribution is -2.04. The van der Waals surface area contributed by atoms with Crippen LogP contribution in [0, 0.1) is 0 Å². The fourth-order valence-electron chi connectivity index (χ4n) is 1.73. The molecule has 0 radical (unpaired) electrons. The second kappa shape index (κ2) is 5.86. The summed E-state index contributed by atoms with van der Waals surface area (Å²) in [5.74, 6) is 0.882. The van der Waals surface area contributed by atoms with Gasteiger partial charge in [-0.1, -0.05) is 17.7 Å². The Kier molecular flexibility index (Phi) is 4.19. The molecule has 1 aromatic carbocycles. The minimum absolute atomic E-state index is 0.292. The number of methoxy groups -OCH3 is 2. The molecule has 6 heteroatoms. The monoisotopic (exact) mass is 280 g/mol. The van der Waals surface area contributed by atoms with Crippen molar-refractivity contribution in [1.82, 2.24) is 9.97 Å². The maximum Gasteiger partial charge on any atom is 0.179 e. The zero-order chi connectivity index (χ0) is 13.8. The molecule has 0 fully saturated rings. The molecule has 2 rings (SSSR count). The van der Waals surface area contributed by atoms with Gasteiger partial charge in [0.05, 0.1) is 31.1 Å². The quantitative estimate of drug-likeness (QED) is 0.930. The highest BCUT2D eigenvalue weighted by Gasteiger charge is 2.20. The highest BCUT2D eigenvalue weighted by molar-refractivity contribution is 6.33. The smallest absolute Gasteiger partial charge is 0.179 e. The fraction of sp³-hybridized carbons (Fsp3) is 0.231. The number of aromatic nitrogens is 2. The van der Waals surface area contributed by atoms with Gasteiger partial charge in [-0.15, -0.1) is 0 Å². The third-order valence-corrected chi connectivity index (χ3v) is 3.06.